The Morgan fingerprint density at radius 1 is 1.15 bits per heavy atom. The normalized spacial score (nSPS) is 17.1. The number of rotatable bonds is 6. The van der Waals surface area contributed by atoms with E-state index in [9.17, 15) is 13.2 Å². The third-order valence-corrected chi connectivity index (χ3v) is 6.60. The molecule has 2 N–H and O–H groups in total. The Kier molecular flexibility index (Phi) is 5.82. The fourth-order valence-electron chi connectivity index (χ4n) is 3.19. The molecule has 0 radical (unpaired) electrons. The first-order chi connectivity index (χ1) is 12.9. The van der Waals surface area contributed by atoms with E-state index in [1.165, 1.54) is 4.31 Å². The molecule has 2 aromatic carbocycles. The number of sulfonamides is 1. The maximum atomic E-state index is 13.2. The summed E-state index contributed by atoms with van der Waals surface area (Å²) >= 11 is 0. The molecule has 1 heterocycles. The van der Waals surface area contributed by atoms with E-state index in [1.54, 1.807) is 53.4 Å². The predicted octanol–water partition coefficient (Wildman–Crippen LogP) is 2.14. The number of hydrogen-bond donors (Lipinski definition) is 1. The second-order valence-electron chi connectivity index (χ2n) is 6.86. The molecule has 0 spiro atoms. The fourth-order valence-corrected chi connectivity index (χ4v) is 4.65. The van der Waals surface area contributed by atoms with Crippen molar-refractivity contribution < 1.29 is 13.2 Å². The number of carbonyl (C=O) groups is 1. The van der Waals surface area contributed by atoms with Gasteiger partial charge in [0.1, 0.15) is 0 Å². The SMILES string of the molecule is Cc1ccc(S(=O)(=O)N(CCC(=O)N2CC[C@@H](N)C2)c2ccccc2)cc1. The molecule has 7 heteroatoms. The summed E-state index contributed by atoms with van der Waals surface area (Å²) in [5.74, 6) is -0.0667. The molecule has 3 rings (SSSR count). The zero-order valence-corrected chi connectivity index (χ0v) is 16.2. The van der Waals surface area contributed by atoms with E-state index in [1.807, 2.05) is 13.0 Å². The molecule has 1 aliphatic heterocycles. The van der Waals surface area contributed by atoms with Gasteiger partial charge < -0.3 is 10.6 Å². The number of hydrogen-bond acceptors (Lipinski definition) is 4. The topological polar surface area (TPSA) is 83.7 Å². The number of anilines is 1. The van der Waals surface area contributed by atoms with Gasteiger partial charge in [-0.3, -0.25) is 9.10 Å². The molecule has 6 nitrogen and oxygen atoms in total. The van der Waals surface area contributed by atoms with Crippen molar-refractivity contribution in [1.82, 2.24) is 4.90 Å². The number of likely N-dealkylation sites (tertiary alicyclic amines) is 1. The lowest BCUT2D eigenvalue weighted by Crippen LogP contribution is -2.37. The average Bonchev–Trinajstić information content (AvgIpc) is 3.09. The Balaban J connectivity index is 1.83. The maximum Gasteiger partial charge on any atom is 0.264 e. The summed E-state index contributed by atoms with van der Waals surface area (Å²) in [6.07, 6.45) is 0.905. The number of para-hydroxylation sites is 1. The van der Waals surface area contributed by atoms with Crippen molar-refractivity contribution in [3.05, 3.63) is 60.2 Å². The zero-order chi connectivity index (χ0) is 19.4. The van der Waals surface area contributed by atoms with E-state index >= 15 is 0 Å². The van der Waals surface area contributed by atoms with Gasteiger partial charge in [0.25, 0.3) is 10.0 Å². The molecule has 27 heavy (non-hydrogen) atoms. The standard InChI is InChI=1S/C20H25N3O3S/c1-16-7-9-19(10-8-16)27(25,26)23(18-5-3-2-4-6-18)14-12-20(24)22-13-11-17(21)15-22/h2-10,17H,11-15,21H2,1H3/t17-/m1/s1. The number of aryl methyl sites for hydroxylation is 1. The molecule has 1 amide bonds. The Morgan fingerprint density at radius 2 is 1.81 bits per heavy atom. The van der Waals surface area contributed by atoms with E-state index in [2.05, 4.69) is 0 Å². The summed E-state index contributed by atoms with van der Waals surface area (Å²) in [6, 6.07) is 15.6. The van der Waals surface area contributed by atoms with Gasteiger partial charge in [-0.05, 0) is 37.6 Å². The van der Waals surface area contributed by atoms with Crippen molar-refractivity contribution in [3.63, 3.8) is 0 Å². The van der Waals surface area contributed by atoms with Crippen molar-refractivity contribution in [2.45, 2.75) is 30.7 Å². The zero-order valence-electron chi connectivity index (χ0n) is 15.4. The Bertz CT molecular complexity index is 882. The minimum Gasteiger partial charge on any atom is -0.341 e. The van der Waals surface area contributed by atoms with Crippen molar-refractivity contribution in [2.75, 3.05) is 23.9 Å². The molecule has 0 aliphatic carbocycles. The quantitative estimate of drug-likeness (QED) is 0.823. The smallest absolute Gasteiger partial charge is 0.264 e. The van der Waals surface area contributed by atoms with E-state index in [-0.39, 0.29) is 29.8 Å². The third-order valence-electron chi connectivity index (χ3n) is 4.76. The lowest BCUT2D eigenvalue weighted by Gasteiger charge is -2.25. The van der Waals surface area contributed by atoms with Crippen molar-refractivity contribution in [1.29, 1.82) is 0 Å². The van der Waals surface area contributed by atoms with Crippen LogP contribution in [0.15, 0.2) is 59.5 Å². The van der Waals surface area contributed by atoms with Gasteiger partial charge in [-0.2, -0.15) is 0 Å². The largest absolute Gasteiger partial charge is 0.341 e. The molecule has 2 aromatic rings. The van der Waals surface area contributed by atoms with Gasteiger partial charge in [0.05, 0.1) is 10.6 Å². The van der Waals surface area contributed by atoms with Crippen LogP contribution in [0, 0.1) is 6.92 Å². The number of carbonyl (C=O) groups excluding carboxylic acids is 1. The molecular weight excluding hydrogens is 362 g/mol. The third kappa shape index (κ3) is 4.48. The van der Waals surface area contributed by atoms with Crippen LogP contribution in [0.5, 0.6) is 0 Å². The van der Waals surface area contributed by atoms with Gasteiger partial charge >= 0.3 is 0 Å². The van der Waals surface area contributed by atoms with Gasteiger partial charge in [-0.15, -0.1) is 0 Å². The minimum atomic E-state index is -3.76. The van der Waals surface area contributed by atoms with Gasteiger partial charge in [0, 0.05) is 32.1 Å². The van der Waals surface area contributed by atoms with Gasteiger partial charge in [0.2, 0.25) is 5.91 Å². The summed E-state index contributed by atoms with van der Waals surface area (Å²) < 4.78 is 27.7. The molecule has 1 atom stereocenters. The minimum absolute atomic E-state index is 0.00969. The van der Waals surface area contributed by atoms with E-state index < -0.39 is 10.0 Å². The fraction of sp³-hybridized carbons (Fsp3) is 0.350. The average molecular weight is 388 g/mol. The first-order valence-electron chi connectivity index (χ1n) is 9.06. The van der Waals surface area contributed by atoms with E-state index in [0.717, 1.165) is 12.0 Å². The highest BCUT2D eigenvalue weighted by molar-refractivity contribution is 7.92. The number of nitrogens with two attached hydrogens (primary N) is 1. The Hall–Kier alpha value is -2.38. The number of amides is 1. The van der Waals surface area contributed by atoms with Crippen LogP contribution in [-0.4, -0.2) is 44.9 Å². The van der Waals surface area contributed by atoms with Crippen LogP contribution in [0.4, 0.5) is 5.69 Å². The molecule has 0 bridgehead atoms. The lowest BCUT2D eigenvalue weighted by molar-refractivity contribution is -0.129. The molecule has 144 valence electrons. The first-order valence-corrected chi connectivity index (χ1v) is 10.5. The van der Waals surface area contributed by atoms with Crippen molar-refractivity contribution >= 4 is 21.6 Å². The molecule has 1 fully saturated rings. The van der Waals surface area contributed by atoms with Gasteiger partial charge in [-0.25, -0.2) is 8.42 Å². The molecule has 0 saturated carbocycles. The summed E-state index contributed by atoms with van der Waals surface area (Å²) in [5.41, 5.74) is 7.40. The van der Waals surface area contributed by atoms with Crippen molar-refractivity contribution in [2.24, 2.45) is 5.73 Å². The highest BCUT2D eigenvalue weighted by atomic mass is 32.2. The van der Waals surface area contributed by atoms with Crippen LogP contribution in [0.3, 0.4) is 0 Å². The van der Waals surface area contributed by atoms with E-state index in [0.29, 0.717) is 18.8 Å². The van der Waals surface area contributed by atoms with Crippen LogP contribution in [0.2, 0.25) is 0 Å². The van der Waals surface area contributed by atoms with Crippen LogP contribution < -0.4 is 10.0 Å². The maximum absolute atomic E-state index is 13.2. The van der Waals surface area contributed by atoms with Gasteiger partial charge in [-0.1, -0.05) is 35.9 Å². The Morgan fingerprint density at radius 3 is 2.41 bits per heavy atom. The molecule has 0 aromatic heterocycles. The first kappa shape index (κ1) is 19.4. The lowest BCUT2D eigenvalue weighted by atomic mass is 10.2. The van der Waals surface area contributed by atoms with Gasteiger partial charge in [0.15, 0.2) is 0 Å². The van der Waals surface area contributed by atoms with Crippen LogP contribution in [0.25, 0.3) is 0 Å². The highest BCUT2D eigenvalue weighted by Crippen LogP contribution is 2.24. The second-order valence-corrected chi connectivity index (χ2v) is 8.73. The molecule has 1 aliphatic rings. The van der Waals surface area contributed by atoms with Crippen LogP contribution >= 0.6 is 0 Å². The summed E-state index contributed by atoms with van der Waals surface area (Å²) in [4.78, 5) is 14.4. The number of benzene rings is 2. The van der Waals surface area contributed by atoms with Crippen molar-refractivity contribution in [3.8, 4) is 0 Å². The molecule has 1 saturated heterocycles. The predicted molar refractivity (Wildman–Crippen MR) is 106 cm³/mol. The number of nitrogens with zero attached hydrogens (tertiary/aromatic N) is 2. The van der Waals surface area contributed by atoms with Crippen LogP contribution in [0.1, 0.15) is 18.4 Å². The van der Waals surface area contributed by atoms with Crippen LogP contribution in [-0.2, 0) is 14.8 Å². The Labute approximate surface area is 160 Å². The summed E-state index contributed by atoms with van der Waals surface area (Å²) in [6.45, 7) is 3.17. The molecule has 0 unspecified atom stereocenters. The van der Waals surface area contributed by atoms with E-state index in [4.69, 9.17) is 5.73 Å². The monoisotopic (exact) mass is 387 g/mol. The highest BCUT2D eigenvalue weighted by Gasteiger charge is 2.28. The summed E-state index contributed by atoms with van der Waals surface area (Å²) in [5, 5.41) is 0. The summed E-state index contributed by atoms with van der Waals surface area (Å²) in [7, 11) is -3.76. The molecular formula is C20H25N3O3S. The second kappa shape index (κ2) is 8.10.